The summed E-state index contributed by atoms with van der Waals surface area (Å²) in [5, 5.41) is 22.1. The van der Waals surface area contributed by atoms with E-state index in [0.717, 1.165) is 18.2 Å². The van der Waals surface area contributed by atoms with Gasteiger partial charge in [-0.25, -0.2) is 4.79 Å². The van der Waals surface area contributed by atoms with Crippen LogP contribution in [0.5, 0.6) is 0 Å². The van der Waals surface area contributed by atoms with Crippen molar-refractivity contribution in [3.63, 3.8) is 0 Å². The van der Waals surface area contributed by atoms with E-state index in [4.69, 9.17) is 9.84 Å². The Morgan fingerprint density at radius 3 is 2.67 bits per heavy atom. The third-order valence-corrected chi connectivity index (χ3v) is 2.70. The number of methoxy groups -OCH3 is 1. The molecule has 0 aliphatic rings. The van der Waals surface area contributed by atoms with Crippen LogP contribution in [0.1, 0.15) is 23.7 Å². The number of carboxylic acid groups (broad SMARTS) is 1. The second-order valence-corrected chi connectivity index (χ2v) is 4.60. The molecule has 0 aliphatic carbocycles. The number of hydrogen-bond acceptors (Lipinski definition) is 5. The molecule has 0 fully saturated rings. The van der Waals surface area contributed by atoms with Crippen LogP contribution in [0, 0.1) is 16.0 Å². The number of amides is 1. The zero-order valence-corrected chi connectivity index (χ0v) is 11.7. The van der Waals surface area contributed by atoms with Crippen LogP contribution in [0.3, 0.4) is 0 Å². The molecule has 0 aliphatic heterocycles. The summed E-state index contributed by atoms with van der Waals surface area (Å²) in [6.07, 6.45) is 0.121. The highest BCUT2D eigenvalue weighted by atomic mass is 16.6. The predicted molar refractivity (Wildman–Crippen MR) is 74.3 cm³/mol. The highest BCUT2D eigenvalue weighted by Gasteiger charge is 2.18. The summed E-state index contributed by atoms with van der Waals surface area (Å²) in [7, 11) is 1.51. The van der Waals surface area contributed by atoms with Gasteiger partial charge in [-0.2, -0.15) is 0 Å². The standard InChI is InChI=1S/C13H16N2O6/c1-8(7-21-2)5-12(16)14-11-6-9(15(19)20)3-4-10(11)13(17)18/h3-4,6,8H,5,7H2,1-2H3,(H,14,16)(H,17,18). The maximum atomic E-state index is 11.8. The van der Waals surface area contributed by atoms with Gasteiger partial charge in [0.25, 0.3) is 5.69 Å². The third kappa shape index (κ3) is 4.84. The molecule has 8 nitrogen and oxygen atoms in total. The molecule has 8 heteroatoms. The Balaban J connectivity index is 2.94. The SMILES string of the molecule is COCC(C)CC(=O)Nc1cc([N+](=O)[O-])ccc1C(=O)O. The highest BCUT2D eigenvalue weighted by molar-refractivity contribution is 6.01. The number of benzene rings is 1. The van der Waals surface area contributed by atoms with Crippen LogP contribution in [-0.2, 0) is 9.53 Å². The summed E-state index contributed by atoms with van der Waals surface area (Å²) in [4.78, 5) is 32.9. The molecule has 0 saturated heterocycles. The minimum Gasteiger partial charge on any atom is -0.478 e. The van der Waals surface area contributed by atoms with Crippen molar-refractivity contribution in [2.75, 3.05) is 19.0 Å². The summed E-state index contributed by atoms with van der Waals surface area (Å²) < 4.78 is 4.90. The number of nitro benzene ring substituents is 1. The van der Waals surface area contributed by atoms with Gasteiger partial charge in [-0.15, -0.1) is 0 Å². The fourth-order valence-electron chi connectivity index (χ4n) is 1.80. The molecule has 0 radical (unpaired) electrons. The summed E-state index contributed by atoms with van der Waals surface area (Å²) in [5.74, 6) is -1.75. The molecule has 1 unspecified atom stereocenters. The van der Waals surface area contributed by atoms with E-state index in [1.165, 1.54) is 7.11 Å². The van der Waals surface area contributed by atoms with E-state index in [-0.39, 0.29) is 29.3 Å². The van der Waals surface area contributed by atoms with Crippen LogP contribution in [0.4, 0.5) is 11.4 Å². The highest BCUT2D eigenvalue weighted by Crippen LogP contribution is 2.23. The Bertz CT molecular complexity index is 558. The normalized spacial score (nSPS) is 11.7. The fraction of sp³-hybridized carbons (Fsp3) is 0.385. The molecule has 0 heterocycles. The average molecular weight is 296 g/mol. The van der Waals surface area contributed by atoms with Gasteiger partial charge in [-0.05, 0) is 12.0 Å². The van der Waals surface area contributed by atoms with Crippen LogP contribution in [0.25, 0.3) is 0 Å². The molecular formula is C13H16N2O6. The zero-order valence-electron chi connectivity index (χ0n) is 11.7. The monoisotopic (exact) mass is 296 g/mol. The maximum absolute atomic E-state index is 11.8. The Hall–Kier alpha value is -2.48. The van der Waals surface area contributed by atoms with Crippen molar-refractivity contribution >= 4 is 23.3 Å². The van der Waals surface area contributed by atoms with E-state index in [0.29, 0.717) is 6.61 Å². The van der Waals surface area contributed by atoms with E-state index in [2.05, 4.69) is 5.32 Å². The number of carbonyl (C=O) groups is 2. The van der Waals surface area contributed by atoms with Crippen molar-refractivity contribution in [1.82, 2.24) is 0 Å². The van der Waals surface area contributed by atoms with Crippen LogP contribution in [0.2, 0.25) is 0 Å². The van der Waals surface area contributed by atoms with E-state index in [1.807, 2.05) is 0 Å². The number of non-ortho nitro benzene ring substituents is 1. The number of nitrogens with zero attached hydrogens (tertiary/aromatic N) is 1. The molecule has 1 amide bonds. The molecule has 0 spiro atoms. The lowest BCUT2D eigenvalue weighted by atomic mass is 10.1. The predicted octanol–water partition coefficient (Wildman–Crippen LogP) is 1.90. The lowest BCUT2D eigenvalue weighted by Crippen LogP contribution is -2.19. The van der Waals surface area contributed by atoms with Crippen molar-refractivity contribution in [3.8, 4) is 0 Å². The van der Waals surface area contributed by atoms with Crippen LogP contribution >= 0.6 is 0 Å². The zero-order chi connectivity index (χ0) is 16.0. The maximum Gasteiger partial charge on any atom is 0.337 e. The van der Waals surface area contributed by atoms with Gasteiger partial charge in [0, 0.05) is 32.3 Å². The van der Waals surface area contributed by atoms with Crippen molar-refractivity contribution in [3.05, 3.63) is 33.9 Å². The van der Waals surface area contributed by atoms with E-state index in [1.54, 1.807) is 6.92 Å². The van der Waals surface area contributed by atoms with Gasteiger partial charge in [-0.1, -0.05) is 6.92 Å². The summed E-state index contributed by atoms with van der Waals surface area (Å²) in [5.41, 5.74) is -0.583. The van der Waals surface area contributed by atoms with Crippen LogP contribution in [0.15, 0.2) is 18.2 Å². The molecule has 0 bridgehead atoms. The molecular weight excluding hydrogens is 280 g/mol. The van der Waals surface area contributed by atoms with Crippen LogP contribution < -0.4 is 5.32 Å². The van der Waals surface area contributed by atoms with Gasteiger partial charge in [-0.3, -0.25) is 14.9 Å². The Kier molecular flexibility index (Phi) is 5.79. The molecule has 2 N–H and O–H groups in total. The number of ether oxygens (including phenoxy) is 1. The number of carboxylic acids is 1. The molecule has 0 saturated carbocycles. The third-order valence-electron chi connectivity index (χ3n) is 2.70. The lowest BCUT2D eigenvalue weighted by molar-refractivity contribution is -0.384. The fourth-order valence-corrected chi connectivity index (χ4v) is 1.80. The van der Waals surface area contributed by atoms with Crippen molar-refractivity contribution in [2.45, 2.75) is 13.3 Å². The Labute approximate surface area is 120 Å². The Morgan fingerprint density at radius 1 is 1.48 bits per heavy atom. The molecule has 1 rings (SSSR count). The average Bonchev–Trinajstić information content (AvgIpc) is 2.38. The number of rotatable bonds is 7. The molecule has 114 valence electrons. The van der Waals surface area contributed by atoms with Gasteiger partial charge >= 0.3 is 5.97 Å². The van der Waals surface area contributed by atoms with E-state index >= 15 is 0 Å². The second-order valence-electron chi connectivity index (χ2n) is 4.60. The summed E-state index contributed by atoms with van der Waals surface area (Å²) in [6, 6.07) is 3.20. The molecule has 1 atom stereocenters. The van der Waals surface area contributed by atoms with Gasteiger partial charge in [0.2, 0.25) is 5.91 Å². The van der Waals surface area contributed by atoms with Gasteiger partial charge in [0.1, 0.15) is 0 Å². The number of nitro groups is 1. The first-order chi connectivity index (χ1) is 9.85. The van der Waals surface area contributed by atoms with Gasteiger partial charge in [0.05, 0.1) is 16.2 Å². The van der Waals surface area contributed by atoms with Gasteiger partial charge in [0.15, 0.2) is 0 Å². The van der Waals surface area contributed by atoms with Crippen molar-refractivity contribution in [1.29, 1.82) is 0 Å². The number of aromatic carboxylic acids is 1. The smallest absolute Gasteiger partial charge is 0.337 e. The summed E-state index contributed by atoms with van der Waals surface area (Å²) in [6.45, 7) is 2.18. The first-order valence-electron chi connectivity index (χ1n) is 6.15. The van der Waals surface area contributed by atoms with Crippen molar-refractivity contribution in [2.24, 2.45) is 5.92 Å². The number of nitrogens with one attached hydrogen (secondary N) is 1. The second kappa shape index (κ2) is 7.34. The molecule has 0 aromatic heterocycles. The number of hydrogen-bond donors (Lipinski definition) is 2. The minimum atomic E-state index is -1.27. The first-order valence-corrected chi connectivity index (χ1v) is 6.15. The summed E-state index contributed by atoms with van der Waals surface area (Å²) >= 11 is 0. The topological polar surface area (TPSA) is 119 Å². The quantitative estimate of drug-likeness (QED) is 0.586. The Morgan fingerprint density at radius 2 is 2.14 bits per heavy atom. The van der Waals surface area contributed by atoms with E-state index < -0.39 is 16.8 Å². The lowest BCUT2D eigenvalue weighted by Gasteiger charge is -2.12. The molecule has 1 aromatic rings. The number of carbonyl (C=O) groups excluding carboxylic acids is 1. The largest absolute Gasteiger partial charge is 0.478 e. The number of anilines is 1. The van der Waals surface area contributed by atoms with Gasteiger partial charge < -0.3 is 15.2 Å². The minimum absolute atomic E-state index is 0.0537. The molecule has 21 heavy (non-hydrogen) atoms. The van der Waals surface area contributed by atoms with Crippen LogP contribution in [-0.4, -0.2) is 35.6 Å². The first kappa shape index (κ1) is 16.6. The van der Waals surface area contributed by atoms with E-state index in [9.17, 15) is 19.7 Å². The van der Waals surface area contributed by atoms with Crippen molar-refractivity contribution < 1.29 is 24.4 Å². The molecule has 1 aromatic carbocycles.